The Labute approximate surface area is 273 Å². The van der Waals surface area contributed by atoms with Gasteiger partial charge >= 0.3 is 0 Å². The van der Waals surface area contributed by atoms with E-state index < -0.39 is 0 Å². The molecule has 0 saturated heterocycles. The van der Waals surface area contributed by atoms with Crippen LogP contribution in [-0.4, -0.2) is 9.13 Å². The maximum Gasteiger partial charge on any atom is 0.0625 e. The van der Waals surface area contributed by atoms with Crippen LogP contribution in [0, 0.1) is 0 Å². The van der Waals surface area contributed by atoms with Crippen LogP contribution < -0.4 is 0 Å². The van der Waals surface area contributed by atoms with E-state index in [1.54, 1.807) is 0 Å². The molecule has 9 aromatic rings. The van der Waals surface area contributed by atoms with Gasteiger partial charge in [-0.1, -0.05) is 117 Å². The number of aromatic nitrogens is 2. The van der Waals surface area contributed by atoms with Crippen molar-refractivity contribution in [1.82, 2.24) is 9.13 Å². The number of rotatable bonds is 3. The van der Waals surface area contributed by atoms with Gasteiger partial charge in [-0.2, -0.15) is 0 Å². The van der Waals surface area contributed by atoms with E-state index in [2.05, 4.69) is 181 Å². The fourth-order valence-electron chi connectivity index (χ4n) is 8.39. The SMILES string of the molecule is CC1(C)c2ccccc2-c2c1cc(-c1ccc3c(c1)c1ccccc1n3-c1ccccc1)c1c2c2ccccc2n1-c1ccccc1. The number of hydrogen-bond donors (Lipinski definition) is 0. The minimum absolute atomic E-state index is 0.127. The van der Waals surface area contributed by atoms with Crippen molar-refractivity contribution in [3.05, 3.63) is 169 Å². The van der Waals surface area contributed by atoms with E-state index in [1.165, 1.54) is 88.4 Å². The largest absolute Gasteiger partial charge is 0.309 e. The van der Waals surface area contributed by atoms with Gasteiger partial charge in [-0.3, -0.25) is 0 Å². The summed E-state index contributed by atoms with van der Waals surface area (Å²) < 4.78 is 4.89. The average Bonchev–Trinajstić information content (AvgIpc) is 3.72. The highest BCUT2D eigenvalue weighted by Crippen LogP contribution is 2.55. The highest BCUT2D eigenvalue weighted by atomic mass is 15.0. The molecule has 47 heavy (non-hydrogen) atoms. The van der Waals surface area contributed by atoms with E-state index in [-0.39, 0.29) is 5.41 Å². The topological polar surface area (TPSA) is 9.86 Å². The second kappa shape index (κ2) is 9.57. The highest BCUT2D eigenvalue weighted by molar-refractivity contribution is 6.22. The first-order valence-corrected chi connectivity index (χ1v) is 16.5. The summed E-state index contributed by atoms with van der Waals surface area (Å²) in [5.41, 5.74) is 15.2. The third-order valence-corrected chi connectivity index (χ3v) is 10.5. The molecule has 2 aromatic heterocycles. The monoisotopic (exact) mass is 600 g/mol. The molecule has 10 rings (SSSR count). The molecular weight excluding hydrogens is 569 g/mol. The minimum atomic E-state index is -0.127. The number of para-hydroxylation sites is 4. The van der Waals surface area contributed by atoms with E-state index in [9.17, 15) is 0 Å². The van der Waals surface area contributed by atoms with Crippen LogP contribution in [0.3, 0.4) is 0 Å². The molecule has 1 aliphatic rings. The molecule has 0 atom stereocenters. The van der Waals surface area contributed by atoms with Gasteiger partial charge in [-0.15, -0.1) is 0 Å². The Morgan fingerprint density at radius 3 is 1.74 bits per heavy atom. The lowest BCUT2D eigenvalue weighted by Crippen LogP contribution is -2.15. The van der Waals surface area contributed by atoms with Crippen molar-refractivity contribution in [2.75, 3.05) is 0 Å². The Hall–Kier alpha value is -5.86. The molecule has 0 saturated carbocycles. The summed E-state index contributed by atoms with van der Waals surface area (Å²) in [6.45, 7) is 4.78. The van der Waals surface area contributed by atoms with Crippen LogP contribution in [0.4, 0.5) is 0 Å². The van der Waals surface area contributed by atoms with Crippen LogP contribution in [0.2, 0.25) is 0 Å². The summed E-state index contributed by atoms with van der Waals surface area (Å²) in [6.07, 6.45) is 0. The van der Waals surface area contributed by atoms with Crippen molar-refractivity contribution in [1.29, 1.82) is 0 Å². The Morgan fingerprint density at radius 1 is 0.426 bits per heavy atom. The second-order valence-corrected chi connectivity index (χ2v) is 13.3. The molecule has 0 fully saturated rings. The molecule has 2 heterocycles. The molecule has 0 spiro atoms. The average molecular weight is 601 g/mol. The zero-order valence-electron chi connectivity index (χ0n) is 26.4. The molecule has 222 valence electrons. The van der Waals surface area contributed by atoms with Gasteiger partial charge in [0.25, 0.3) is 0 Å². The fourth-order valence-corrected chi connectivity index (χ4v) is 8.39. The zero-order chi connectivity index (χ0) is 31.3. The number of fused-ring (bicyclic) bond motifs is 10. The smallest absolute Gasteiger partial charge is 0.0625 e. The van der Waals surface area contributed by atoms with Gasteiger partial charge in [0.2, 0.25) is 0 Å². The molecule has 2 nitrogen and oxygen atoms in total. The molecule has 7 aromatic carbocycles. The number of nitrogens with zero attached hydrogens (tertiary/aromatic N) is 2. The minimum Gasteiger partial charge on any atom is -0.309 e. The normalized spacial score (nSPS) is 13.5. The Morgan fingerprint density at radius 2 is 1.00 bits per heavy atom. The van der Waals surface area contributed by atoms with E-state index in [1.807, 2.05) is 0 Å². The third-order valence-electron chi connectivity index (χ3n) is 10.5. The van der Waals surface area contributed by atoms with E-state index >= 15 is 0 Å². The van der Waals surface area contributed by atoms with Gasteiger partial charge < -0.3 is 9.13 Å². The van der Waals surface area contributed by atoms with E-state index in [0.29, 0.717) is 0 Å². The summed E-state index contributed by atoms with van der Waals surface area (Å²) in [7, 11) is 0. The van der Waals surface area contributed by atoms with Gasteiger partial charge in [0.15, 0.2) is 0 Å². The van der Waals surface area contributed by atoms with E-state index in [4.69, 9.17) is 0 Å². The fraction of sp³-hybridized carbons (Fsp3) is 0.0667. The van der Waals surface area contributed by atoms with Crippen molar-refractivity contribution in [3.8, 4) is 33.6 Å². The standard InChI is InChI=1S/C45H32N2/c1-45(2)37-22-12-9-20-33(37)42-38(45)28-35(44-43(42)34-21-11-14-24-40(34)47(44)31-17-7-4-8-18-31)29-25-26-41-36(27-29)32-19-10-13-23-39(32)46(41)30-15-5-3-6-16-30/h3-28H,1-2H3. The van der Waals surface area contributed by atoms with Gasteiger partial charge in [-0.25, -0.2) is 0 Å². The van der Waals surface area contributed by atoms with Crippen LogP contribution in [0.5, 0.6) is 0 Å². The summed E-state index contributed by atoms with van der Waals surface area (Å²) in [6, 6.07) is 57.9. The lowest BCUT2D eigenvalue weighted by Gasteiger charge is -2.23. The summed E-state index contributed by atoms with van der Waals surface area (Å²) in [5, 5.41) is 5.16. The van der Waals surface area contributed by atoms with Gasteiger partial charge in [0.1, 0.15) is 0 Å². The van der Waals surface area contributed by atoms with E-state index in [0.717, 1.165) is 0 Å². The molecule has 1 aliphatic carbocycles. The van der Waals surface area contributed by atoms with Crippen molar-refractivity contribution in [2.45, 2.75) is 19.3 Å². The lowest BCUT2D eigenvalue weighted by molar-refractivity contribution is 0.661. The first-order valence-electron chi connectivity index (χ1n) is 16.5. The van der Waals surface area contributed by atoms with Crippen molar-refractivity contribution in [2.24, 2.45) is 0 Å². The van der Waals surface area contributed by atoms with Crippen LogP contribution in [-0.2, 0) is 5.41 Å². The van der Waals surface area contributed by atoms with Gasteiger partial charge in [-0.05, 0) is 82.4 Å². The van der Waals surface area contributed by atoms with Gasteiger partial charge in [0.05, 0.1) is 22.1 Å². The molecule has 0 bridgehead atoms. The predicted octanol–water partition coefficient (Wildman–Crippen LogP) is 11.9. The van der Waals surface area contributed by atoms with Crippen molar-refractivity contribution >= 4 is 43.6 Å². The van der Waals surface area contributed by atoms with Crippen LogP contribution in [0.1, 0.15) is 25.0 Å². The van der Waals surface area contributed by atoms with Crippen molar-refractivity contribution in [3.63, 3.8) is 0 Å². The zero-order valence-corrected chi connectivity index (χ0v) is 26.4. The molecular formula is C45H32N2. The van der Waals surface area contributed by atoms with Gasteiger partial charge in [0, 0.05) is 43.9 Å². The first kappa shape index (κ1) is 26.4. The molecule has 2 heteroatoms. The Bertz CT molecular complexity index is 2690. The molecule has 0 aliphatic heterocycles. The summed E-state index contributed by atoms with van der Waals surface area (Å²) in [4.78, 5) is 0. The number of hydrogen-bond acceptors (Lipinski definition) is 0. The van der Waals surface area contributed by atoms with Crippen LogP contribution in [0.15, 0.2) is 158 Å². The second-order valence-electron chi connectivity index (χ2n) is 13.3. The third kappa shape index (κ3) is 3.56. The maximum atomic E-state index is 2.51. The summed E-state index contributed by atoms with van der Waals surface area (Å²) >= 11 is 0. The molecule has 0 unspecified atom stereocenters. The molecule has 0 N–H and O–H groups in total. The Kier molecular flexibility index (Phi) is 5.37. The first-order chi connectivity index (χ1) is 23.1. The maximum absolute atomic E-state index is 2.51. The predicted molar refractivity (Wildman–Crippen MR) is 198 cm³/mol. The van der Waals surface area contributed by atoms with Crippen LogP contribution in [0.25, 0.3) is 77.2 Å². The van der Waals surface area contributed by atoms with Crippen molar-refractivity contribution < 1.29 is 0 Å². The summed E-state index contributed by atoms with van der Waals surface area (Å²) in [5.74, 6) is 0. The Balaban J connectivity index is 1.38. The molecule has 0 radical (unpaired) electrons. The lowest BCUT2D eigenvalue weighted by atomic mass is 9.81. The highest BCUT2D eigenvalue weighted by Gasteiger charge is 2.38. The quantitative estimate of drug-likeness (QED) is 0.191. The molecule has 0 amide bonds. The van der Waals surface area contributed by atoms with Crippen LogP contribution >= 0.6 is 0 Å². The number of benzene rings is 7.